The minimum atomic E-state index is -0.499. The largest absolute Gasteiger partial charge is 0.394 e. The van der Waals surface area contributed by atoms with Crippen molar-refractivity contribution in [2.24, 2.45) is 0 Å². The Morgan fingerprint density at radius 3 is 2.60 bits per heavy atom. The molecule has 0 radical (unpaired) electrons. The number of aliphatic hydroxyl groups excluding tert-OH is 2. The van der Waals surface area contributed by atoms with Crippen LogP contribution in [0.2, 0.25) is 0 Å². The minimum Gasteiger partial charge on any atom is -0.394 e. The van der Waals surface area contributed by atoms with Crippen molar-refractivity contribution in [3.8, 4) is 0 Å². The van der Waals surface area contributed by atoms with Gasteiger partial charge in [-0.25, -0.2) is 0 Å². The molecule has 0 amide bonds. The van der Waals surface area contributed by atoms with E-state index in [0.29, 0.717) is 13.2 Å². The molecule has 0 unspecified atom stereocenters. The highest BCUT2D eigenvalue weighted by Crippen LogP contribution is 2.13. The van der Waals surface area contributed by atoms with Crippen molar-refractivity contribution >= 4 is 0 Å². The van der Waals surface area contributed by atoms with Crippen molar-refractivity contribution in [2.45, 2.75) is 31.7 Å². The van der Waals surface area contributed by atoms with Gasteiger partial charge in [-0.1, -0.05) is 0 Å². The molecule has 1 aliphatic rings. The summed E-state index contributed by atoms with van der Waals surface area (Å²) < 4.78 is 15.9. The van der Waals surface area contributed by atoms with E-state index in [1.54, 1.807) is 0 Å². The molecule has 0 spiro atoms. The molecule has 1 atom stereocenters. The average molecular weight is 220 g/mol. The molecule has 90 valence electrons. The first-order valence-electron chi connectivity index (χ1n) is 5.43. The van der Waals surface area contributed by atoms with E-state index in [1.165, 1.54) is 0 Å². The van der Waals surface area contributed by atoms with Gasteiger partial charge >= 0.3 is 0 Å². The van der Waals surface area contributed by atoms with Gasteiger partial charge in [0, 0.05) is 6.61 Å². The first kappa shape index (κ1) is 12.9. The normalized spacial score (nSPS) is 22.2. The molecule has 1 rings (SSSR count). The first-order valence-corrected chi connectivity index (χ1v) is 5.43. The van der Waals surface area contributed by atoms with Gasteiger partial charge in [0.1, 0.15) is 6.10 Å². The Balaban J connectivity index is 1.95. The molecular formula is C10H20O5. The molecule has 1 heterocycles. The van der Waals surface area contributed by atoms with Crippen LogP contribution in [-0.2, 0) is 14.2 Å². The van der Waals surface area contributed by atoms with E-state index in [-0.39, 0.29) is 19.5 Å². The highest BCUT2D eigenvalue weighted by Gasteiger charge is 2.13. The van der Waals surface area contributed by atoms with Gasteiger partial charge in [-0.3, -0.25) is 0 Å². The maximum absolute atomic E-state index is 8.72. The van der Waals surface area contributed by atoms with E-state index in [9.17, 15) is 0 Å². The van der Waals surface area contributed by atoms with Crippen molar-refractivity contribution in [3.05, 3.63) is 0 Å². The van der Waals surface area contributed by atoms with Gasteiger partial charge in [0.25, 0.3) is 0 Å². The van der Waals surface area contributed by atoms with Crippen LogP contribution in [0.5, 0.6) is 0 Å². The molecule has 0 saturated carbocycles. The topological polar surface area (TPSA) is 68.2 Å². The fraction of sp³-hybridized carbons (Fsp3) is 1.00. The summed E-state index contributed by atoms with van der Waals surface area (Å²) in [6, 6.07) is 0. The van der Waals surface area contributed by atoms with E-state index in [4.69, 9.17) is 24.4 Å². The van der Waals surface area contributed by atoms with Crippen molar-refractivity contribution in [2.75, 3.05) is 33.0 Å². The van der Waals surface area contributed by atoms with Gasteiger partial charge in [0.05, 0.1) is 26.4 Å². The third-order valence-corrected chi connectivity index (χ3v) is 2.29. The van der Waals surface area contributed by atoms with Crippen molar-refractivity contribution in [1.29, 1.82) is 0 Å². The molecule has 0 aromatic heterocycles. The zero-order chi connectivity index (χ0) is 10.9. The molecule has 1 saturated heterocycles. The summed E-state index contributed by atoms with van der Waals surface area (Å²) in [6.45, 7) is 1.22. The van der Waals surface area contributed by atoms with Crippen LogP contribution in [0.3, 0.4) is 0 Å². The van der Waals surface area contributed by atoms with Crippen molar-refractivity contribution in [3.63, 3.8) is 0 Å². The van der Waals surface area contributed by atoms with Crippen molar-refractivity contribution in [1.82, 2.24) is 0 Å². The predicted octanol–water partition coefficient (Wildman–Crippen LogP) is -0.101. The standard InChI is InChI=1S/C10H20O5/c11-7-9(8-12)13-5-6-15-10-3-1-2-4-14-10/h9-12H,1-8H2/t10-/m0/s1. The first-order chi connectivity index (χ1) is 7.36. The fourth-order valence-corrected chi connectivity index (χ4v) is 1.40. The van der Waals surface area contributed by atoms with Gasteiger partial charge in [-0.2, -0.15) is 0 Å². The van der Waals surface area contributed by atoms with E-state index in [2.05, 4.69) is 0 Å². The van der Waals surface area contributed by atoms with Crippen molar-refractivity contribution < 1.29 is 24.4 Å². The SMILES string of the molecule is OCC(CO)OCCO[C@H]1CCCCO1. The second-order valence-corrected chi connectivity index (χ2v) is 3.52. The van der Waals surface area contributed by atoms with Gasteiger partial charge in [-0.05, 0) is 19.3 Å². The Hall–Kier alpha value is -0.200. The Morgan fingerprint density at radius 1 is 1.20 bits per heavy atom. The van der Waals surface area contributed by atoms with Gasteiger partial charge in [0.2, 0.25) is 0 Å². The monoisotopic (exact) mass is 220 g/mol. The molecule has 1 aliphatic heterocycles. The number of aliphatic hydroxyl groups is 2. The lowest BCUT2D eigenvalue weighted by Gasteiger charge is -2.23. The molecule has 2 N–H and O–H groups in total. The quantitative estimate of drug-likeness (QED) is 0.586. The highest BCUT2D eigenvalue weighted by atomic mass is 16.7. The smallest absolute Gasteiger partial charge is 0.157 e. The van der Waals surface area contributed by atoms with Gasteiger partial charge in [0.15, 0.2) is 6.29 Å². The fourth-order valence-electron chi connectivity index (χ4n) is 1.40. The minimum absolute atomic E-state index is 0.107. The molecule has 0 aromatic rings. The van der Waals surface area contributed by atoms with Crippen LogP contribution in [0.15, 0.2) is 0 Å². The van der Waals surface area contributed by atoms with E-state index in [0.717, 1.165) is 25.9 Å². The summed E-state index contributed by atoms with van der Waals surface area (Å²) in [5.74, 6) is 0. The third kappa shape index (κ3) is 5.44. The Bertz CT molecular complexity index is 143. The van der Waals surface area contributed by atoms with E-state index >= 15 is 0 Å². The van der Waals surface area contributed by atoms with Gasteiger partial charge in [-0.15, -0.1) is 0 Å². The van der Waals surface area contributed by atoms with Crippen LogP contribution >= 0.6 is 0 Å². The lowest BCUT2D eigenvalue weighted by Crippen LogP contribution is -2.27. The number of ether oxygens (including phenoxy) is 3. The Kier molecular flexibility index (Phi) is 6.87. The van der Waals surface area contributed by atoms with Crippen LogP contribution in [0, 0.1) is 0 Å². The Labute approximate surface area is 89.9 Å². The molecule has 5 nitrogen and oxygen atoms in total. The molecular weight excluding hydrogens is 200 g/mol. The molecule has 15 heavy (non-hydrogen) atoms. The number of rotatable bonds is 7. The zero-order valence-electron chi connectivity index (χ0n) is 8.93. The van der Waals surface area contributed by atoms with Crippen LogP contribution in [0.1, 0.15) is 19.3 Å². The summed E-state index contributed by atoms with van der Waals surface area (Å²) in [4.78, 5) is 0. The summed E-state index contributed by atoms with van der Waals surface area (Å²) in [7, 11) is 0. The summed E-state index contributed by atoms with van der Waals surface area (Å²) in [6.07, 6.45) is 2.57. The number of hydrogen-bond donors (Lipinski definition) is 2. The molecule has 0 aliphatic carbocycles. The van der Waals surface area contributed by atoms with Crippen LogP contribution in [0.4, 0.5) is 0 Å². The lowest BCUT2D eigenvalue weighted by atomic mass is 10.2. The van der Waals surface area contributed by atoms with E-state index < -0.39 is 6.10 Å². The third-order valence-electron chi connectivity index (χ3n) is 2.29. The second kappa shape index (κ2) is 8.01. The molecule has 0 aromatic carbocycles. The highest BCUT2D eigenvalue weighted by molar-refractivity contribution is 4.55. The molecule has 5 heteroatoms. The summed E-state index contributed by atoms with van der Waals surface area (Å²) >= 11 is 0. The second-order valence-electron chi connectivity index (χ2n) is 3.52. The zero-order valence-corrected chi connectivity index (χ0v) is 8.93. The predicted molar refractivity (Wildman–Crippen MR) is 53.5 cm³/mol. The molecule has 0 bridgehead atoms. The number of hydrogen-bond acceptors (Lipinski definition) is 5. The van der Waals surface area contributed by atoms with Gasteiger partial charge < -0.3 is 24.4 Å². The average Bonchev–Trinajstić information content (AvgIpc) is 2.31. The summed E-state index contributed by atoms with van der Waals surface area (Å²) in [5, 5.41) is 17.4. The van der Waals surface area contributed by atoms with Crippen LogP contribution < -0.4 is 0 Å². The maximum atomic E-state index is 8.72. The summed E-state index contributed by atoms with van der Waals surface area (Å²) in [5.41, 5.74) is 0. The van der Waals surface area contributed by atoms with E-state index in [1.807, 2.05) is 0 Å². The lowest BCUT2D eigenvalue weighted by molar-refractivity contribution is -0.173. The van der Waals surface area contributed by atoms with Crippen LogP contribution in [-0.4, -0.2) is 55.6 Å². The molecule has 1 fully saturated rings. The maximum Gasteiger partial charge on any atom is 0.157 e. The Morgan fingerprint density at radius 2 is 2.00 bits per heavy atom. The van der Waals surface area contributed by atoms with Crippen LogP contribution in [0.25, 0.3) is 0 Å².